The van der Waals surface area contributed by atoms with Gasteiger partial charge in [0, 0.05) is 43.7 Å². The number of morpholine rings is 1. The normalized spacial score (nSPS) is 25.9. The first-order valence-corrected chi connectivity index (χ1v) is 10.4. The molecule has 3 aliphatic rings. The van der Waals surface area contributed by atoms with Crippen molar-refractivity contribution in [3.63, 3.8) is 0 Å². The van der Waals surface area contributed by atoms with Crippen LogP contribution in [0.5, 0.6) is 0 Å². The van der Waals surface area contributed by atoms with E-state index in [1.807, 2.05) is 0 Å². The molecular weight excluding hydrogens is 342 g/mol. The summed E-state index contributed by atoms with van der Waals surface area (Å²) in [6.07, 6.45) is 3.18. The highest BCUT2D eigenvalue weighted by Gasteiger charge is 2.37. The third kappa shape index (κ3) is 3.55. The standard InChI is InChI=1S/C20H31N5O2/c1-4-5-14-11-27-12-15-10-24(8-9-25(14)15)19-16-6-7-21-20(26)17(16)22-18(23-19)13(2)3/h13-15H,4-12H2,1-3H3,(H,21,26)/t14-,15+/m0/s1. The first-order valence-electron chi connectivity index (χ1n) is 10.4. The molecule has 4 rings (SSSR count). The molecule has 148 valence electrons. The van der Waals surface area contributed by atoms with Gasteiger partial charge in [-0.2, -0.15) is 0 Å². The van der Waals surface area contributed by atoms with Crippen LogP contribution < -0.4 is 10.2 Å². The van der Waals surface area contributed by atoms with Crippen molar-refractivity contribution in [1.82, 2.24) is 20.2 Å². The van der Waals surface area contributed by atoms with E-state index in [0.717, 1.165) is 56.5 Å². The van der Waals surface area contributed by atoms with Gasteiger partial charge in [0.2, 0.25) is 0 Å². The van der Waals surface area contributed by atoms with E-state index >= 15 is 0 Å². The van der Waals surface area contributed by atoms with Crippen LogP contribution in [0.2, 0.25) is 0 Å². The van der Waals surface area contributed by atoms with E-state index in [-0.39, 0.29) is 11.8 Å². The van der Waals surface area contributed by atoms with Crippen LogP contribution in [0.25, 0.3) is 0 Å². The van der Waals surface area contributed by atoms with Gasteiger partial charge in [-0.3, -0.25) is 9.69 Å². The average molecular weight is 374 g/mol. The number of hydrogen-bond donors (Lipinski definition) is 1. The zero-order chi connectivity index (χ0) is 19.0. The first-order chi connectivity index (χ1) is 13.1. The topological polar surface area (TPSA) is 70.6 Å². The van der Waals surface area contributed by atoms with E-state index in [4.69, 9.17) is 9.72 Å². The molecule has 0 aromatic carbocycles. The predicted octanol–water partition coefficient (Wildman–Crippen LogP) is 1.58. The summed E-state index contributed by atoms with van der Waals surface area (Å²) >= 11 is 0. The van der Waals surface area contributed by atoms with E-state index in [2.05, 4.69) is 40.9 Å². The molecular formula is C20H31N5O2. The maximum absolute atomic E-state index is 12.4. The molecule has 7 nitrogen and oxygen atoms in total. The number of carbonyl (C=O) groups is 1. The Morgan fingerprint density at radius 1 is 1.26 bits per heavy atom. The fourth-order valence-corrected chi connectivity index (χ4v) is 4.52. The van der Waals surface area contributed by atoms with Crippen LogP contribution in [0.15, 0.2) is 0 Å². The molecule has 1 aromatic heterocycles. The second-order valence-corrected chi connectivity index (χ2v) is 8.21. The highest BCUT2D eigenvalue weighted by molar-refractivity contribution is 5.96. The summed E-state index contributed by atoms with van der Waals surface area (Å²) in [7, 11) is 0. The maximum Gasteiger partial charge on any atom is 0.270 e. The summed E-state index contributed by atoms with van der Waals surface area (Å²) in [5, 5.41) is 2.92. The Morgan fingerprint density at radius 3 is 2.89 bits per heavy atom. The second kappa shape index (κ2) is 7.72. The van der Waals surface area contributed by atoms with Crippen molar-refractivity contribution < 1.29 is 9.53 Å². The van der Waals surface area contributed by atoms with Crippen molar-refractivity contribution in [1.29, 1.82) is 0 Å². The van der Waals surface area contributed by atoms with Crippen LogP contribution in [0.1, 0.15) is 61.4 Å². The molecule has 2 saturated heterocycles. The monoisotopic (exact) mass is 373 g/mol. The molecule has 1 aromatic rings. The van der Waals surface area contributed by atoms with E-state index in [9.17, 15) is 4.79 Å². The highest BCUT2D eigenvalue weighted by Crippen LogP contribution is 2.30. The van der Waals surface area contributed by atoms with Crippen molar-refractivity contribution in [2.24, 2.45) is 0 Å². The van der Waals surface area contributed by atoms with E-state index in [1.165, 1.54) is 12.8 Å². The lowest BCUT2D eigenvalue weighted by atomic mass is 10.0. The van der Waals surface area contributed by atoms with Gasteiger partial charge in [-0.05, 0) is 12.8 Å². The number of nitrogens with one attached hydrogen (secondary N) is 1. The number of ether oxygens (including phenoxy) is 1. The van der Waals surface area contributed by atoms with Crippen LogP contribution >= 0.6 is 0 Å². The van der Waals surface area contributed by atoms with Gasteiger partial charge in [0.25, 0.3) is 5.91 Å². The number of piperazine rings is 1. The third-order valence-electron chi connectivity index (χ3n) is 5.93. The molecule has 0 saturated carbocycles. The Morgan fingerprint density at radius 2 is 2.11 bits per heavy atom. The number of rotatable bonds is 4. The predicted molar refractivity (Wildman–Crippen MR) is 104 cm³/mol. The molecule has 2 fully saturated rings. The van der Waals surface area contributed by atoms with Gasteiger partial charge in [0.1, 0.15) is 17.3 Å². The molecule has 1 amide bonds. The van der Waals surface area contributed by atoms with Gasteiger partial charge in [-0.15, -0.1) is 0 Å². The molecule has 1 N–H and O–H groups in total. The number of fused-ring (bicyclic) bond motifs is 2. The zero-order valence-corrected chi connectivity index (χ0v) is 16.7. The number of hydrogen-bond acceptors (Lipinski definition) is 6. The van der Waals surface area contributed by atoms with Crippen LogP contribution in [-0.4, -0.2) is 72.3 Å². The summed E-state index contributed by atoms with van der Waals surface area (Å²) in [6.45, 7) is 11.6. The van der Waals surface area contributed by atoms with Gasteiger partial charge < -0.3 is 15.0 Å². The Hall–Kier alpha value is -1.73. The third-order valence-corrected chi connectivity index (χ3v) is 5.93. The molecule has 0 bridgehead atoms. The van der Waals surface area contributed by atoms with Crippen molar-refractivity contribution in [3.05, 3.63) is 17.1 Å². The lowest BCUT2D eigenvalue weighted by molar-refractivity contribution is -0.0558. The van der Waals surface area contributed by atoms with E-state index < -0.39 is 0 Å². The second-order valence-electron chi connectivity index (χ2n) is 8.21. The minimum Gasteiger partial charge on any atom is -0.378 e. The molecule has 0 unspecified atom stereocenters. The zero-order valence-electron chi connectivity index (χ0n) is 16.7. The highest BCUT2D eigenvalue weighted by atomic mass is 16.5. The number of aromatic nitrogens is 2. The van der Waals surface area contributed by atoms with Crippen molar-refractivity contribution in [3.8, 4) is 0 Å². The molecule has 3 aliphatic heterocycles. The molecule has 27 heavy (non-hydrogen) atoms. The summed E-state index contributed by atoms with van der Waals surface area (Å²) in [5.74, 6) is 1.85. The van der Waals surface area contributed by atoms with Crippen molar-refractivity contribution in [2.45, 2.75) is 58.0 Å². The van der Waals surface area contributed by atoms with E-state index in [1.54, 1.807) is 0 Å². The van der Waals surface area contributed by atoms with Crippen molar-refractivity contribution >= 4 is 11.7 Å². The lowest BCUT2D eigenvalue weighted by Gasteiger charge is -2.48. The maximum atomic E-state index is 12.4. The average Bonchev–Trinajstić information content (AvgIpc) is 2.67. The van der Waals surface area contributed by atoms with Crippen LogP contribution in [0.4, 0.5) is 5.82 Å². The Kier molecular flexibility index (Phi) is 5.32. The van der Waals surface area contributed by atoms with Crippen LogP contribution in [0, 0.1) is 0 Å². The van der Waals surface area contributed by atoms with Crippen LogP contribution in [0.3, 0.4) is 0 Å². The number of anilines is 1. The Labute approximate surface area is 161 Å². The fourth-order valence-electron chi connectivity index (χ4n) is 4.52. The number of carbonyl (C=O) groups excluding carboxylic acids is 1. The van der Waals surface area contributed by atoms with Gasteiger partial charge in [-0.1, -0.05) is 27.2 Å². The summed E-state index contributed by atoms with van der Waals surface area (Å²) in [4.78, 5) is 26.9. The Bertz CT molecular complexity index is 706. The minimum atomic E-state index is -0.0653. The summed E-state index contributed by atoms with van der Waals surface area (Å²) in [6, 6.07) is 0.932. The Balaban J connectivity index is 1.63. The fraction of sp³-hybridized carbons (Fsp3) is 0.750. The van der Waals surface area contributed by atoms with Gasteiger partial charge in [0.15, 0.2) is 0 Å². The van der Waals surface area contributed by atoms with Crippen LogP contribution in [-0.2, 0) is 11.2 Å². The molecule has 0 radical (unpaired) electrons. The van der Waals surface area contributed by atoms with Gasteiger partial charge >= 0.3 is 0 Å². The SMILES string of the molecule is CCC[C@H]1COC[C@H]2CN(c3nc(C(C)C)nc4c3CCNC4=O)CCN12. The van der Waals surface area contributed by atoms with Gasteiger partial charge in [0.05, 0.1) is 19.3 Å². The quantitative estimate of drug-likeness (QED) is 0.864. The largest absolute Gasteiger partial charge is 0.378 e. The molecule has 7 heteroatoms. The molecule has 0 spiro atoms. The lowest BCUT2D eigenvalue weighted by Crippen LogP contribution is -2.62. The van der Waals surface area contributed by atoms with E-state index in [0.29, 0.717) is 24.3 Å². The number of amides is 1. The summed E-state index contributed by atoms with van der Waals surface area (Å²) < 4.78 is 5.91. The smallest absolute Gasteiger partial charge is 0.270 e. The molecule has 2 atom stereocenters. The number of nitrogens with zero attached hydrogens (tertiary/aromatic N) is 4. The minimum absolute atomic E-state index is 0.0653. The molecule has 4 heterocycles. The van der Waals surface area contributed by atoms with Crippen molar-refractivity contribution in [2.75, 3.05) is 44.3 Å². The first kappa shape index (κ1) is 18.6. The summed E-state index contributed by atoms with van der Waals surface area (Å²) in [5.41, 5.74) is 1.58. The van der Waals surface area contributed by atoms with Gasteiger partial charge in [-0.25, -0.2) is 9.97 Å². The molecule has 0 aliphatic carbocycles.